The van der Waals surface area contributed by atoms with E-state index in [1.165, 1.54) is 138 Å². The van der Waals surface area contributed by atoms with Crippen LogP contribution in [0.3, 0.4) is 0 Å². The number of benzene rings is 2. The zero-order valence-electron chi connectivity index (χ0n) is 28.4. The molecule has 2 aromatic carbocycles. The van der Waals surface area contributed by atoms with Crippen molar-refractivity contribution in [2.24, 2.45) is 0 Å². The Balaban J connectivity index is 1.42. The average molecular weight is 586 g/mol. The van der Waals surface area contributed by atoms with Crippen LogP contribution in [-0.4, -0.2) is 4.57 Å². The SMILES string of the molecule is CCCCCCCCCCCCCCCCCCC[n+]1c(CC(C)c2ccccc2)cn(CCC)c1Cc1ccccc1. The van der Waals surface area contributed by atoms with Crippen LogP contribution in [0.1, 0.15) is 165 Å². The molecule has 1 aromatic heterocycles. The largest absolute Gasteiger partial charge is 0.261 e. The fourth-order valence-electron chi connectivity index (χ4n) is 6.70. The van der Waals surface area contributed by atoms with E-state index in [1.807, 2.05) is 0 Å². The summed E-state index contributed by atoms with van der Waals surface area (Å²) in [4.78, 5) is 0. The fourth-order valence-corrected chi connectivity index (χ4v) is 6.70. The number of unbranched alkanes of at least 4 members (excludes halogenated alkanes) is 16. The predicted molar refractivity (Wildman–Crippen MR) is 187 cm³/mol. The number of imidazole rings is 1. The van der Waals surface area contributed by atoms with Crippen molar-refractivity contribution in [1.29, 1.82) is 0 Å². The lowest BCUT2D eigenvalue weighted by Gasteiger charge is -2.12. The van der Waals surface area contributed by atoms with E-state index < -0.39 is 0 Å². The molecule has 43 heavy (non-hydrogen) atoms. The Labute approximate surface area is 266 Å². The van der Waals surface area contributed by atoms with Crippen molar-refractivity contribution >= 4 is 0 Å². The zero-order chi connectivity index (χ0) is 30.4. The number of rotatable bonds is 25. The molecule has 1 unspecified atom stereocenters. The Morgan fingerprint density at radius 3 is 1.58 bits per heavy atom. The third-order valence-electron chi connectivity index (χ3n) is 9.33. The molecule has 0 aliphatic heterocycles. The summed E-state index contributed by atoms with van der Waals surface area (Å²) in [7, 11) is 0. The molecule has 0 spiro atoms. The molecule has 0 aliphatic carbocycles. The summed E-state index contributed by atoms with van der Waals surface area (Å²) < 4.78 is 5.26. The van der Waals surface area contributed by atoms with Crippen molar-refractivity contribution in [1.82, 2.24) is 4.57 Å². The number of hydrogen-bond donors (Lipinski definition) is 0. The summed E-state index contributed by atoms with van der Waals surface area (Å²) in [5.41, 5.74) is 4.36. The van der Waals surface area contributed by atoms with Crippen LogP contribution in [0, 0.1) is 0 Å². The molecule has 238 valence electrons. The second-order valence-corrected chi connectivity index (χ2v) is 13.2. The zero-order valence-corrected chi connectivity index (χ0v) is 28.4. The molecule has 0 radical (unpaired) electrons. The summed E-state index contributed by atoms with van der Waals surface area (Å²) in [6.07, 6.45) is 30.0. The summed E-state index contributed by atoms with van der Waals surface area (Å²) in [6.45, 7) is 9.25. The molecule has 0 N–H and O–H groups in total. The lowest BCUT2D eigenvalue weighted by molar-refractivity contribution is -0.710. The van der Waals surface area contributed by atoms with E-state index in [-0.39, 0.29) is 0 Å². The molecule has 2 heteroatoms. The summed E-state index contributed by atoms with van der Waals surface area (Å²) in [5.74, 6) is 2.00. The molecule has 0 saturated carbocycles. The summed E-state index contributed by atoms with van der Waals surface area (Å²) >= 11 is 0. The van der Waals surface area contributed by atoms with Crippen molar-refractivity contribution in [2.45, 2.75) is 168 Å². The first-order chi connectivity index (χ1) is 21.2. The Hall–Kier alpha value is -2.35. The third-order valence-corrected chi connectivity index (χ3v) is 9.33. The van der Waals surface area contributed by atoms with Crippen molar-refractivity contribution in [3.63, 3.8) is 0 Å². The summed E-state index contributed by atoms with van der Waals surface area (Å²) in [5, 5.41) is 0. The number of aryl methyl sites for hydroxylation is 1. The topological polar surface area (TPSA) is 8.81 Å². The minimum atomic E-state index is 0.519. The molecule has 2 nitrogen and oxygen atoms in total. The quantitative estimate of drug-likeness (QED) is 0.0690. The molecule has 1 atom stereocenters. The number of hydrogen-bond acceptors (Lipinski definition) is 0. The van der Waals surface area contributed by atoms with Crippen LogP contribution in [0.5, 0.6) is 0 Å². The maximum atomic E-state index is 2.70. The molecule has 0 bridgehead atoms. The smallest absolute Gasteiger partial charge is 0.234 e. The van der Waals surface area contributed by atoms with Gasteiger partial charge in [0.1, 0.15) is 11.9 Å². The highest BCUT2D eigenvalue weighted by Gasteiger charge is 2.24. The van der Waals surface area contributed by atoms with Crippen LogP contribution in [0.25, 0.3) is 0 Å². The second kappa shape index (κ2) is 22.2. The van der Waals surface area contributed by atoms with Gasteiger partial charge in [-0.25, -0.2) is 9.13 Å². The minimum Gasteiger partial charge on any atom is -0.234 e. The van der Waals surface area contributed by atoms with Crippen LogP contribution in [-0.2, 0) is 25.9 Å². The predicted octanol–water partition coefficient (Wildman–Crippen LogP) is 11.8. The summed E-state index contributed by atoms with van der Waals surface area (Å²) in [6, 6.07) is 22.1. The van der Waals surface area contributed by atoms with Gasteiger partial charge in [0.25, 0.3) is 5.82 Å². The standard InChI is InChI=1S/C41H65N2/c1-4-6-7-8-9-10-11-12-13-14-15-16-17-18-19-20-27-33-43-40(34-37(3)39-30-25-22-26-31-39)36-42(32-5-2)41(43)35-38-28-23-21-24-29-38/h21-26,28-31,36-37H,4-20,27,32-35H2,1-3H3/q+1. The van der Waals surface area contributed by atoms with Gasteiger partial charge >= 0.3 is 0 Å². The highest BCUT2D eigenvalue weighted by molar-refractivity contribution is 5.21. The van der Waals surface area contributed by atoms with Gasteiger partial charge in [0.2, 0.25) is 0 Å². The van der Waals surface area contributed by atoms with Crippen LogP contribution in [0.4, 0.5) is 0 Å². The highest BCUT2D eigenvalue weighted by atomic mass is 15.2. The Kier molecular flexibility index (Phi) is 18.1. The Bertz CT molecular complexity index is 1070. The van der Waals surface area contributed by atoms with Gasteiger partial charge in [0.15, 0.2) is 0 Å². The van der Waals surface area contributed by atoms with Crippen LogP contribution < -0.4 is 4.57 Å². The van der Waals surface area contributed by atoms with Gasteiger partial charge in [-0.2, -0.15) is 0 Å². The van der Waals surface area contributed by atoms with Gasteiger partial charge in [-0.1, -0.05) is 178 Å². The van der Waals surface area contributed by atoms with Gasteiger partial charge in [0.05, 0.1) is 19.5 Å². The lowest BCUT2D eigenvalue weighted by Crippen LogP contribution is -2.41. The van der Waals surface area contributed by atoms with E-state index in [2.05, 4.69) is 96.8 Å². The molecular weight excluding hydrogens is 520 g/mol. The lowest BCUT2D eigenvalue weighted by atomic mass is 9.96. The van der Waals surface area contributed by atoms with Crippen molar-refractivity contribution in [3.05, 3.63) is 89.5 Å². The second-order valence-electron chi connectivity index (χ2n) is 13.2. The molecule has 0 saturated heterocycles. The fraction of sp³-hybridized carbons (Fsp3) is 0.634. The van der Waals surface area contributed by atoms with Crippen molar-refractivity contribution < 1.29 is 4.57 Å². The minimum absolute atomic E-state index is 0.519. The molecule has 3 rings (SSSR count). The van der Waals surface area contributed by atoms with E-state index in [0.717, 1.165) is 25.9 Å². The Morgan fingerprint density at radius 2 is 1.07 bits per heavy atom. The van der Waals surface area contributed by atoms with E-state index in [1.54, 1.807) is 0 Å². The van der Waals surface area contributed by atoms with E-state index in [0.29, 0.717) is 5.92 Å². The molecule has 0 fully saturated rings. The molecule has 1 heterocycles. The number of aromatic nitrogens is 2. The van der Waals surface area contributed by atoms with Crippen LogP contribution >= 0.6 is 0 Å². The average Bonchev–Trinajstić information content (AvgIpc) is 3.34. The van der Waals surface area contributed by atoms with Crippen molar-refractivity contribution in [3.8, 4) is 0 Å². The monoisotopic (exact) mass is 586 g/mol. The first-order valence-electron chi connectivity index (χ1n) is 18.4. The number of nitrogens with zero attached hydrogens (tertiary/aromatic N) is 2. The molecule has 0 aliphatic rings. The van der Waals surface area contributed by atoms with Crippen LogP contribution in [0.2, 0.25) is 0 Å². The van der Waals surface area contributed by atoms with E-state index >= 15 is 0 Å². The highest BCUT2D eigenvalue weighted by Crippen LogP contribution is 2.21. The first kappa shape index (κ1) is 35.1. The Morgan fingerprint density at radius 1 is 0.581 bits per heavy atom. The molecule has 0 amide bonds. The van der Waals surface area contributed by atoms with Gasteiger partial charge in [-0.3, -0.25) is 0 Å². The van der Waals surface area contributed by atoms with E-state index in [4.69, 9.17) is 0 Å². The maximum absolute atomic E-state index is 2.70. The van der Waals surface area contributed by atoms with Crippen molar-refractivity contribution in [2.75, 3.05) is 0 Å². The maximum Gasteiger partial charge on any atom is 0.261 e. The van der Waals surface area contributed by atoms with Crippen LogP contribution in [0.15, 0.2) is 66.9 Å². The first-order valence-corrected chi connectivity index (χ1v) is 18.4. The van der Waals surface area contributed by atoms with E-state index in [9.17, 15) is 0 Å². The molecule has 3 aromatic rings. The normalized spacial score (nSPS) is 12.2. The van der Waals surface area contributed by atoms with Gasteiger partial charge in [-0.15, -0.1) is 0 Å². The third kappa shape index (κ3) is 13.9. The van der Waals surface area contributed by atoms with Gasteiger partial charge in [-0.05, 0) is 36.3 Å². The van der Waals surface area contributed by atoms with Gasteiger partial charge in [0, 0.05) is 6.42 Å². The van der Waals surface area contributed by atoms with Gasteiger partial charge < -0.3 is 0 Å². The molecular formula is C41H65N2+.